The van der Waals surface area contributed by atoms with Gasteiger partial charge in [0.05, 0.1) is 0 Å². The number of hydrogen-bond acceptors (Lipinski definition) is 2. The highest BCUT2D eigenvalue weighted by Gasteiger charge is 2.39. The molecule has 2 fully saturated rings. The quantitative estimate of drug-likeness (QED) is 0.805. The minimum atomic E-state index is -0.614. The highest BCUT2D eigenvalue weighted by molar-refractivity contribution is 5.74. The fourth-order valence-electron chi connectivity index (χ4n) is 3.54. The van der Waals surface area contributed by atoms with Crippen LogP contribution in [0.2, 0.25) is 0 Å². The Bertz CT molecular complexity index is 259. The molecule has 0 spiro atoms. The third-order valence-corrected chi connectivity index (χ3v) is 4.54. The summed E-state index contributed by atoms with van der Waals surface area (Å²) in [5.41, 5.74) is 0. The van der Waals surface area contributed by atoms with E-state index < -0.39 is 5.97 Å². The van der Waals surface area contributed by atoms with Crippen LogP contribution in [0.4, 0.5) is 0 Å². The third-order valence-electron chi connectivity index (χ3n) is 4.54. The second-order valence-corrected chi connectivity index (χ2v) is 5.79. The predicted octanol–water partition coefficient (Wildman–Crippen LogP) is 2.89. The molecule has 0 bridgehead atoms. The van der Waals surface area contributed by atoms with Crippen molar-refractivity contribution in [1.82, 2.24) is 4.90 Å². The molecule has 1 saturated heterocycles. The van der Waals surface area contributed by atoms with Gasteiger partial charge in [-0.15, -0.1) is 0 Å². The van der Waals surface area contributed by atoms with Gasteiger partial charge in [0.1, 0.15) is 6.04 Å². The van der Waals surface area contributed by atoms with E-state index in [0.717, 1.165) is 13.0 Å². The number of likely N-dealkylation sites (tertiary alicyclic amines) is 1. The molecule has 17 heavy (non-hydrogen) atoms. The summed E-state index contributed by atoms with van der Waals surface area (Å²) in [5, 5.41) is 9.37. The molecule has 0 amide bonds. The lowest BCUT2D eigenvalue weighted by Crippen LogP contribution is -2.45. The largest absolute Gasteiger partial charge is 0.480 e. The van der Waals surface area contributed by atoms with Gasteiger partial charge in [0.2, 0.25) is 0 Å². The molecule has 3 nitrogen and oxygen atoms in total. The SMILES string of the molecule is CC1CCN(C2CCCCCCC2)C1C(=O)O. The van der Waals surface area contributed by atoms with Crippen molar-refractivity contribution in [1.29, 1.82) is 0 Å². The van der Waals surface area contributed by atoms with Crippen molar-refractivity contribution in [2.24, 2.45) is 5.92 Å². The Morgan fingerprint density at radius 1 is 1.06 bits per heavy atom. The first kappa shape index (κ1) is 12.9. The highest BCUT2D eigenvalue weighted by atomic mass is 16.4. The van der Waals surface area contributed by atoms with Gasteiger partial charge in [0.25, 0.3) is 0 Å². The predicted molar refractivity (Wildman–Crippen MR) is 68.0 cm³/mol. The molecule has 2 atom stereocenters. The number of carboxylic acid groups (broad SMARTS) is 1. The molecule has 0 aromatic rings. The molecule has 3 heteroatoms. The van der Waals surface area contributed by atoms with Crippen LogP contribution in [0.5, 0.6) is 0 Å². The van der Waals surface area contributed by atoms with Crippen LogP contribution in [0.25, 0.3) is 0 Å². The number of carboxylic acids is 1. The summed E-state index contributed by atoms with van der Waals surface area (Å²) in [7, 11) is 0. The summed E-state index contributed by atoms with van der Waals surface area (Å²) in [4.78, 5) is 13.7. The lowest BCUT2D eigenvalue weighted by atomic mass is 9.94. The summed E-state index contributed by atoms with van der Waals surface area (Å²) < 4.78 is 0. The number of carbonyl (C=O) groups is 1. The first-order chi connectivity index (χ1) is 8.20. The van der Waals surface area contributed by atoms with E-state index >= 15 is 0 Å². The third kappa shape index (κ3) is 3.01. The van der Waals surface area contributed by atoms with E-state index in [2.05, 4.69) is 11.8 Å². The lowest BCUT2D eigenvalue weighted by molar-refractivity contribution is -0.144. The zero-order valence-electron chi connectivity index (χ0n) is 10.9. The standard InChI is InChI=1S/C14H25NO2/c1-11-9-10-15(13(11)14(16)17)12-7-5-3-2-4-6-8-12/h11-13H,2-10H2,1H3,(H,16,17). The molecule has 1 heterocycles. The monoisotopic (exact) mass is 239 g/mol. The maximum absolute atomic E-state index is 11.4. The van der Waals surface area contributed by atoms with Gasteiger partial charge in [-0.2, -0.15) is 0 Å². The average molecular weight is 239 g/mol. The Hall–Kier alpha value is -0.570. The Morgan fingerprint density at radius 3 is 2.24 bits per heavy atom. The first-order valence-electron chi connectivity index (χ1n) is 7.18. The number of nitrogens with zero attached hydrogens (tertiary/aromatic N) is 1. The zero-order chi connectivity index (χ0) is 12.3. The highest BCUT2D eigenvalue weighted by Crippen LogP contribution is 2.31. The molecule has 2 rings (SSSR count). The van der Waals surface area contributed by atoms with Gasteiger partial charge in [0.15, 0.2) is 0 Å². The first-order valence-corrected chi connectivity index (χ1v) is 7.18. The molecule has 1 saturated carbocycles. The minimum absolute atomic E-state index is 0.223. The van der Waals surface area contributed by atoms with Gasteiger partial charge in [0, 0.05) is 6.04 Å². The van der Waals surface area contributed by atoms with Gasteiger partial charge < -0.3 is 5.11 Å². The molecule has 0 radical (unpaired) electrons. The number of hydrogen-bond donors (Lipinski definition) is 1. The van der Waals surface area contributed by atoms with Crippen LogP contribution in [0.15, 0.2) is 0 Å². The summed E-state index contributed by atoms with van der Waals surface area (Å²) in [6, 6.07) is 0.306. The van der Waals surface area contributed by atoms with Crippen molar-refractivity contribution < 1.29 is 9.90 Å². The molecule has 1 N–H and O–H groups in total. The molecule has 1 aliphatic carbocycles. The molecule has 0 aromatic heterocycles. The van der Waals surface area contributed by atoms with Gasteiger partial charge >= 0.3 is 5.97 Å². The van der Waals surface area contributed by atoms with Crippen LogP contribution >= 0.6 is 0 Å². The summed E-state index contributed by atoms with van der Waals surface area (Å²) in [6.07, 6.45) is 10.0. The van der Waals surface area contributed by atoms with Crippen molar-refractivity contribution in [3.63, 3.8) is 0 Å². The fourth-order valence-corrected chi connectivity index (χ4v) is 3.54. The summed E-state index contributed by atoms with van der Waals surface area (Å²) >= 11 is 0. The van der Waals surface area contributed by atoms with Gasteiger partial charge in [-0.3, -0.25) is 9.69 Å². The van der Waals surface area contributed by atoms with Crippen molar-refractivity contribution in [3.05, 3.63) is 0 Å². The summed E-state index contributed by atoms with van der Waals surface area (Å²) in [5.74, 6) is -0.296. The second-order valence-electron chi connectivity index (χ2n) is 5.79. The Kier molecular flexibility index (Phi) is 4.43. The van der Waals surface area contributed by atoms with Crippen LogP contribution in [0, 0.1) is 5.92 Å². The van der Waals surface area contributed by atoms with Crippen molar-refractivity contribution >= 4 is 5.97 Å². The van der Waals surface area contributed by atoms with Gasteiger partial charge in [-0.1, -0.05) is 39.0 Å². The van der Waals surface area contributed by atoms with Crippen LogP contribution in [-0.2, 0) is 4.79 Å². The molecule has 2 aliphatic rings. The van der Waals surface area contributed by atoms with Crippen LogP contribution in [0.1, 0.15) is 58.3 Å². The van der Waals surface area contributed by atoms with Crippen LogP contribution < -0.4 is 0 Å². The molecule has 1 aliphatic heterocycles. The van der Waals surface area contributed by atoms with E-state index in [4.69, 9.17) is 0 Å². The van der Waals surface area contributed by atoms with E-state index in [-0.39, 0.29) is 6.04 Å². The normalized spacial score (nSPS) is 33.2. The topological polar surface area (TPSA) is 40.5 Å². The average Bonchev–Trinajstić information content (AvgIpc) is 2.59. The maximum atomic E-state index is 11.4. The molecule has 98 valence electrons. The lowest BCUT2D eigenvalue weighted by Gasteiger charge is -2.33. The van der Waals surface area contributed by atoms with Crippen LogP contribution in [-0.4, -0.2) is 34.6 Å². The van der Waals surface area contributed by atoms with E-state index in [9.17, 15) is 9.90 Å². The van der Waals surface area contributed by atoms with E-state index in [0.29, 0.717) is 12.0 Å². The molecule has 2 unspecified atom stereocenters. The van der Waals surface area contributed by atoms with E-state index in [1.807, 2.05) is 0 Å². The van der Waals surface area contributed by atoms with Crippen molar-refractivity contribution in [3.8, 4) is 0 Å². The summed E-state index contributed by atoms with van der Waals surface area (Å²) in [6.45, 7) is 3.07. The number of rotatable bonds is 2. The van der Waals surface area contributed by atoms with E-state index in [1.165, 1.54) is 44.9 Å². The zero-order valence-corrected chi connectivity index (χ0v) is 10.9. The van der Waals surface area contributed by atoms with Crippen LogP contribution in [0.3, 0.4) is 0 Å². The maximum Gasteiger partial charge on any atom is 0.321 e. The Morgan fingerprint density at radius 2 is 1.65 bits per heavy atom. The van der Waals surface area contributed by atoms with Crippen molar-refractivity contribution in [2.45, 2.75) is 70.4 Å². The Labute approximate surface area is 104 Å². The minimum Gasteiger partial charge on any atom is -0.480 e. The fraction of sp³-hybridized carbons (Fsp3) is 0.929. The second kappa shape index (κ2) is 5.85. The van der Waals surface area contributed by atoms with Gasteiger partial charge in [-0.25, -0.2) is 0 Å². The number of aliphatic carboxylic acids is 1. The smallest absolute Gasteiger partial charge is 0.321 e. The van der Waals surface area contributed by atoms with E-state index in [1.54, 1.807) is 0 Å². The Balaban J connectivity index is 2.01. The van der Waals surface area contributed by atoms with Gasteiger partial charge in [-0.05, 0) is 31.7 Å². The molecular formula is C14H25NO2. The molecule has 0 aromatic carbocycles. The molecular weight excluding hydrogens is 214 g/mol. The van der Waals surface area contributed by atoms with Crippen molar-refractivity contribution in [2.75, 3.05) is 6.54 Å².